The Morgan fingerprint density at radius 2 is 1.96 bits per heavy atom. The lowest BCUT2D eigenvalue weighted by molar-refractivity contribution is -0.134. The predicted octanol–water partition coefficient (Wildman–Crippen LogP) is 4.48. The zero-order chi connectivity index (χ0) is 19.7. The van der Waals surface area contributed by atoms with E-state index in [1.54, 1.807) is 30.3 Å². The number of fused-ring (bicyclic) bond motifs is 1. The van der Waals surface area contributed by atoms with Gasteiger partial charge in [-0.1, -0.05) is 43.2 Å². The molecule has 150 valence electrons. The fourth-order valence-electron chi connectivity index (χ4n) is 4.28. The van der Waals surface area contributed by atoms with Crippen LogP contribution in [0.15, 0.2) is 30.3 Å². The Balaban J connectivity index is 1.46. The molecule has 2 fully saturated rings. The van der Waals surface area contributed by atoms with E-state index in [1.165, 1.54) is 19.3 Å². The number of benzene rings is 1. The molecule has 4 nitrogen and oxygen atoms in total. The Morgan fingerprint density at radius 3 is 2.68 bits per heavy atom. The fourth-order valence-corrected chi connectivity index (χ4v) is 5.15. The number of nitrogens with zero attached hydrogens (tertiary/aromatic N) is 1. The molecule has 1 aliphatic carbocycles. The van der Waals surface area contributed by atoms with Crippen molar-refractivity contribution in [3.63, 3.8) is 0 Å². The first-order chi connectivity index (χ1) is 13.4. The Labute approximate surface area is 165 Å². The van der Waals surface area contributed by atoms with E-state index in [2.05, 4.69) is 15.6 Å². The molecular weight excluding hydrogens is 387 g/mol. The van der Waals surface area contributed by atoms with Crippen molar-refractivity contribution in [2.24, 2.45) is 5.92 Å². The van der Waals surface area contributed by atoms with Crippen LogP contribution in [0.3, 0.4) is 0 Å². The van der Waals surface area contributed by atoms with Crippen LogP contribution >= 0.6 is 11.3 Å². The van der Waals surface area contributed by atoms with Gasteiger partial charge in [0.15, 0.2) is 5.01 Å². The van der Waals surface area contributed by atoms with Gasteiger partial charge in [0.05, 0.1) is 5.69 Å². The van der Waals surface area contributed by atoms with Crippen LogP contribution in [-0.2, 0) is 6.18 Å². The van der Waals surface area contributed by atoms with Crippen LogP contribution < -0.4 is 10.6 Å². The minimum Gasteiger partial charge on any atom is -0.348 e. The molecule has 1 saturated heterocycles. The molecule has 2 N–H and O–H groups in total. The Bertz CT molecular complexity index is 823. The minimum atomic E-state index is -4.55. The number of thiazole rings is 1. The number of nitrogens with one attached hydrogen (secondary N) is 2. The second kappa shape index (κ2) is 7.83. The fraction of sp³-hybridized carbons (Fsp3) is 0.500. The van der Waals surface area contributed by atoms with Gasteiger partial charge in [0.1, 0.15) is 4.88 Å². The van der Waals surface area contributed by atoms with Gasteiger partial charge in [0.25, 0.3) is 5.91 Å². The van der Waals surface area contributed by atoms with Crippen LogP contribution in [0.2, 0.25) is 0 Å². The van der Waals surface area contributed by atoms with Crippen molar-refractivity contribution in [2.75, 3.05) is 6.54 Å². The maximum Gasteiger partial charge on any atom is 0.427 e. The SMILES string of the molecule is O=C(NC[C@@H]1C[C@@H]2CCCC[C@@H]2N1)c1nc(-c2ccccc2)c(C(F)(F)F)s1. The number of aromatic nitrogens is 1. The summed E-state index contributed by atoms with van der Waals surface area (Å²) < 4.78 is 40.3. The molecule has 1 saturated carbocycles. The van der Waals surface area contributed by atoms with E-state index in [-0.39, 0.29) is 16.7 Å². The van der Waals surface area contributed by atoms with Gasteiger partial charge in [-0.3, -0.25) is 4.79 Å². The number of rotatable bonds is 4. The maximum absolute atomic E-state index is 13.4. The summed E-state index contributed by atoms with van der Waals surface area (Å²) in [6.45, 7) is 0.410. The zero-order valence-electron chi connectivity index (χ0n) is 15.3. The van der Waals surface area contributed by atoms with Crippen molar-refractivity contribution >= 4 is 17.2 Å². The molecule has 0 bridgehead atoms. The summed E-state index contributed by atoms with van der Waals surface area (Å²) in [6, 6.07) is 8.85. The second-order valence-electron chi connectivity index (χ2n) is 7.52. The van der Waals surface area contributed by atoms with E-state index in [0.29, 0.717) is 35.4 Å². The van der Waals surface area contributed by atoms with Gasteiger partial charge >= 0.3 is 6.18 Å². The molecule has 1 aliphatic heterocycles. The Morgan fingerprint density at radius 1 is 1.21 bits per heavy atom. The highest BCUT2D eigenvalue weighted by Gasteiger charge is 2.39. The van der Waals surface area contributed by atoms with Crippen molar-refractivity contribution in [1.82, 2.24) is 15.6 Å². The number of carbonyl (C=O) groups excluding carboxylic acids is 1. The lowest BCUT2D eigenvalue weighted by atomic mass is 9.85. The van der Waals surface area contributed by atoms with Gasteiger partial charge in [-0.25, -0.2) is 4.98 Å². The molecule has 1 aromatic heterocycles. The number of hydrogen-bond acceptors (Lipinski definition) is 4. The summed E-state index contributed by atoms with van der Waals surface area (Å²) in [4.78, 5) is 15.7. The molecule has 2 aromatic rings. The molecule has 3 atom stereocenters. The first-order valence-electron chi connectivity index (χ1n) is 9.59. The highest BCUT2D eigenvalue weighted by atomic mass is 32.1. The van der Waals surface area contributed by atoms with Gasteiger partial charge in [-0.15, -0.1) is 11.3 Å². The normalized spacial score (nSPS) is 24.8. The average Bonchev–Trinajstić information content (AvgIpc) is 3.31. The topological polar surface area (TPSA) is 54.0 Å². The largest absolute Gasteiger partial charge is 0.427 e. The Kier molecular flexibility index (Phi) is 5.42. The Hall–Kier alpha value is -1.93. The number of hydrogen-bond donors (Lipinski definition) is 2. The first-order valence-corrected chi connectivity index (χ1v) is 10.4. The monoisotopic (exact) mass is 409 g/mol. The molecule has 1 aromatic carbocycles. The van der Waals surface area contributed by atoms with E-state index < -0.39 is 17.0 Å². The first kappa shape index (κ1) is 19.4. The van der Waals surface area contributed by atoms with Crippen LogP contribution in [-0.4, -0.2) is 29.5 Å². The van der Waals surface area contributed by atoms with Crippen LogP contribution in [0, 0.1) is 5.92 Å². The van der Waals surface area contributed by atoms with Crippen LogP contribution in [0.5, 0.6) is 0 Å². The van der Waals surface area contributed by atoms with Crippen molar-refractivity contribution in [2.45, 2.75) is 50.4 Å². The van der Waals surface area contributed by atoms with Crippen molar-refractivity contribution < 1.29 is 18.0 Å². The highest BCUT2D eigenvalue weighted by Crippen LogP contribution is 2.41. The van der Waals surface area contributed by atoms with E-state index in [1.807, 2.05) is 0 Å². The van der Waals surface area contributed by atoms with Gasteiger partial charge in [0, 0.05) is 24.2 Å². The smallest absolute Gasteiger partial charge is 0.348 e. The third kappa shape index (κ3) is 4.07. The zero-order valence-corrected chi connectivity index (χ0v) is 16.1. The summed E-state index contributed by atoms with van der Waals surface area (Å²) in [6.07, 6.45) is 1.31. The molecule has 4 rings (SSSR count). The molecule has 0 unspecified atom stereocenters. The van der Waals surface area contributed by atoms with Gasteiger partial charge in [0.2, 0.25) is 0 Å². The minimum absolute atomic E-state index is 0.151. The average molecular weight is 409 g/mol. The lowest BCUT2D eigenvalue weighted by Gasteiger charge is -2.24. The molecule has 1 amide bonds. The molecule has 28 heavy (non-hydrogen) atoms. The summed E-state index contributed by atoms with van der Waals surface area (Å²) in [5.41, 5.74) is 0.167. The standard InChI is InChI=1S/C20H22F3N3OS/c21-20(22,23)17-16(12-6-2-1-3-7-12)26-19(28-17)18(27)24-11-14-10-13-8-4-5-9-15(13)25-14/h1-3,6-7,13-15,25H,4-5,8-11H2,(H,24,27)/t13-,14-,15-/m0/s1. The van der Waals surface area contributed by atoms with Crippen LogP contribution in [0.25, 0.3) is 11.3 Å². The lowest BCUT2D eigenvalue weighted by Crippen LogP contribution is -2.40. The molecule has 8 heteroatoms. The van der Waals surface area contributed by atoms with E-state index in [9.17, 15) is 18.0 Å². The summed E-state index contributed by atoms with van der Waals surface area (Å²) in [5, 5.41) is 6.18. The summed E-state index contributed by atoms with van der Waals surface area (Å²) >= 11 is 0.403. The number of alkyl halides is 3. The number of amides is 1. The summed E-state index contributed by atoms with van der Waals surface area (Å²) in [7, 11) is 0. The molecule has 0 spiro atoms. The number of carbonyl (C=O) groups is 1. The van der Waals surface area contributed by atoms with Crippen LogP contribution in [0.4, 0.5) is 13.2 Å². The van der Waals surface area contributed by atoms with Gasteiger partial charge in [-0.05, 0) is 25.2 Å². The molecule has 2 heterocycles. The van der Waals surface area contributed by atoms with Crippen molar-refractivity contribution in [1.29, 1.82) is 0 Å². The maximum atomic E-state index is 13.4. The quantitative estimate of drug-likeness (QED) is 0.783. The van der Waals surface area contributed by atoms with E-state index in [4.69, 9.17) is 0 Å². The van der Waals surface area contributed by atoms with Crippen molar-refractivity contribution in [3.8, 4) is 11.3 Å². The number of halogens is 3. The molecular formula is C20H22F3N3OS. The van der Waals surface area contributed by atoms with E-state index in [0.717, 1.165) is 12.8 Å². The third-order valence-corrected chi connectivity index (χ3v) is 6.68. The van der Waals surface area contributed by atoms with Gasteiger partial charge < -0.3 is 10.6 Å². The van der Waals surface area contributed by atoms with Crippen molar-refractivity contribution in [3.05, 3.63) is 40.2 Å². The highest BCUT2D eigenvalue weighted by molar-refractivity contribution is 7.14. The third-order valence-electron chi connectivity index (χ3n) is 5.58. The van der Waals surface area contributed by atoms with E-state index >= 15 is 0 Å². The molecule has 2 aliphatic rings. The van der Waals surface area contributed by atoms with Gasteiger partial charge in [-0.2, -0.15) is 13.2 Å². The molecule has 0 radical (unpaired) electrons. The second-order valence-corrected chi connectivity index (χ2v) is 8.52. The predicted molar refractivity (Wildman–Crippen MR) is 102 cm³/mol. The van der Waals surface area contributed by atoms with Crippen LogP contribution in [0.1, 0.15) is 46.8 Å². The summed E-state index contributed by atoms with van der Waals surface area (Å²) in [5.74, 6) is 0.103.